The molecule has 2 amide bonds. The van der Waals surface area contributed by atoms with E-state index in [4.69, 9.17) is 16.3 Å². The molecule has 4 rings (SSSR count). The second kappa shape index (κ2) is 14.7. The van der Waals surface area contributed by atoms with Gasteiger partial charge in [0.2, 0.25) is 11.8 Å². The molecule has 0 spiro atoms. The van der Waals surface area contributed by atoms with Crippen LogP contribution >= 0.6 is 11.6 Å². The van der Waals surface area contributed by atoms with Crippen LogP contribution in [-0.4, -0.2) is 51.4 Å². The normalized spacial score (nSPS) is 11.8. The van der Waals surface area contributed by atoms with E-state index >= 15 is 0 Å². The third-order valence-corrected chi connectivity index (χ3v) is 8.93. The zero-order chi connectivity index (χ0) is 30.8. The number of benzene rings is 4. The predicted octanol–water partition coefficient (Wildman–Crippen LogP) is 5.32. The summed E-state index contributed by atoms with van der Waals surface area (Å²) in [5, 5.41) is 3.04. The molecule has 1 atom stereocenters. The van der Waals surface area contributed by atoms with Gasteiger partial charge in [-0.1, -0.05) is 90.5 Å². The van der Waals surface area contributed by atoms with E-state index in [9.17, 15) is 18.0 Å². The van der Waals surface area contributed by atoms with Gasteiger partial charge in [0.1, 0.15) is 18.3 Å². The van der Waals surface area contributed by atoms with Gasteiger partial charge in [0.25, 0.3) is 10.0 Å². The van der Waals surface area contributed by atoms with Crippen LogP contribution in [-0.2, 0) is 32.6 Å². The van der Waals surface area contributed by atoms with Crippen LogP contribution in [0.1, 0.15) is 18.1 Å². The monoisotopic (exact) mass is 619 g/mol. The number of likely N-dealkylation sites (N-methyl/N-ethyl adjacent to an activating group) is 1. The fourth-order valence-electron chi connectivity index (χ4n) is 4.68. The second-order valence-electron chi connectivity index (χ2n) is 9.75. The van der Waals surface area contributed by atoms with Crippen molar-refractivity contribution < 1.29 is 22.7 Å². The quantitative estimate of drug-likeness (QED) is 0.219. The standard InChI is InChI=1S/C33H34ClN3O5S/c1-3-35-33(39)30(21-25-13-7-4-8-14-25)36(23-26-15-9-5-10-16-26)32(38)24-37(27-19-20-31(42-2)29(34)22-27)43(40,41)28-17-11-6-12-18-28/h4-20,22,30H,3,21,23-24H2,1-2H3,(H,35,39)/t30-/m1/s1. The lowest BCUT2D eigenvalue weighted by molar-refractivity contribution is -0.140. The lowest BCUT2D eigenvalue weighted by atomic mass is 10.0. The minimum absolute atomic E-state index is 0.00825. The number of methoxy groups -OCH3 is 1. The summed E-state index contributed by atoms with van der Waals surface area (Å²) in [6, 6.07) is 30.2. The third-order valence-electron chi connectivity index (χ3n) is 6.85. The van der Waals surface area contributed by atoms with Crippen molar-refractivity contribution in [3.8, 4) is 5.75 Å². The lowest BCUT2D eigenvalue weighted by Gasteiger charge is -2.34. The van der Waals surface area contributed by atoms with Gasteiger partial charge in [-0.3, -0.25) is 13.9 Å². The molecule has 0 aliphatic heterocycles. The first kappa shape index (κ1) is 31.6. The van der Waals surface area contributed by atoms with E-state index in [0.717, 1.165) is 15.4 Å². The molecule has 0 heterocycles. The highest BCUT2D eigenvalue weighted by atomic mass is 35.5. The lowest BCUT2D eigenvalue weighted by Crippen LogP contribution is -2.53. The highest BCUT2D eigenvalue weighted by Gasteiger charge is 2.34. The Morgan fingerprint density at radius 3 is 2.00 bits per heavy atom. The molecule has 0 aliphatic carbocycles. The number of anilines is 1. The van der Waals surface area contributed by atoms with Crippen molar-refractivity contribution >= 4 is 39.1 Å². The molecule has 1 N–H and O–H groups in total. The Hall–Kier alpha value is -4.34. The number of carbonyl (C=O) groups excluding carboxylic acids is 2. The average Bonchev–Trinajstić information content (AvgIpc) is 3.03. The molecular formula is C33H34ClN3O5S. The summed E-state index contributed by atoms with van der Waals surface area (Å²) in [5.74, 6) is -0.526. The van der Waals surface area contributed by atoms with E-state index in [-0.39, 0.29) is 34.5 Å². The van der Waals surface area contributed by atoms with Crippen LogP contribution in [0.5, 0.6) is 5.75 Å². The molecule has 10 heteroatoms. The summed E-state index contributed by atoms with van der Waals surface area (Å²) in [6.07, 6.45) is 0.241. The van der Waals surface area contributed by atoms with Crippen molar-refractivity contribution in [2.24, 2.45) is 0 Å². The highest BCUT2D eigenvalue weighted by molar-refractivity contribution is 7.92. The third kappa shape index (κ3) is 7.94. The SMILES string of the molecule is CCNC(=O)[C@@H](Cc1ccccc1)N(Cc1ccccc1)C(=O)CN(c1ccc(OC)c(Cl)c1)S(=O)(=O)c1ccccc1. The molecule has 4 aromatic rings. The van der Waals surface area contributed by atoms with Crippen molar-refractivity contribution in [3.05, 3.63) is 125 Å². The van der Waals surface area contributed by atoms with Gasteiger partial charge in [-0.2, -0.15) is 0 Å². The van der Waals surface area contributed by atoms with Gasteiger partial charge in [0.15, 0.2) is 0 Å². The molecule has 224 valence electrons. The smallest absolute Gasteiger partial charge is 0.264 e. The number of rotatable bonds is 13. The topological polar surface area (TPSA) is 96.0 Å². The summed E-state index contributed by atoms with van der Waals surface area (Å²) < 4.78 is 34.3. The van der Waals surface area contributed by atoms with Crippen LogP contribution in [0.15, 0.2) is 114 Å². The fraction of sp³-hybridized carbons (Fsp3) is 0.212. The molecule has 0 bridgehead atoms. The van der Waals surface area contributed by atoms with Crippen LogP contribution in [0.3, 0.4) is 0 Å². The van der Waals surface area contributed by atoms with Crippen molar-refractivity contribution in [1.29, 1.82) is 0 Å². The van der Waals surface area contributed by atoms with Crippen LogP contribution in [0.4, 0.5) is 5.69 Å². The number of hydrogen-bond donors (Lipinski definition) is 1. The summed E-state index contributed by atoms with van der Waals surface area (Å²) >= 11 is 6.40. The number of halogens is 1. The van der Waals surface area contributed by atoms with Crippen LogP contribution in [0, 0.1) is 0 Å². The average molecular weight is 620 g/mol. The summed E-state index contributed by atoms with van der Waals surface area (Å²) in [7, 11) is -2.76. The first-order valence-electron chi connectivity index (χ1n) is 13.8. The zero-order valence-electron chi connectivity index (χ0n) is 24.0. The van der Waals surface area contributed by atoms with Crippen molar-refractivity contribution in [2.75, 3.05) is 24.5 Å². The largest absolute Gasteiger partial charge is 0.495 e. The maximum absolute atomic E-state index is 14.3. The predicted molar refractivity (Wildman–Crippen MR) is 169 cm³/mol. The van der Waals surface area contributed by atoms with E-state index in [2.05, 4.69) is 5.32 Å². The van der Waals surface area contributed by atoms with Gasteiger partial charge >= 0.3 is 0 Å². The Bertz CT molecular complexity index is 1620. The Morgan fingerprint density at radius 2 is 1.44 bits per heavy atom. The maximum Gasteiger partial charge on any atom is 0.264 e. The van der Waals surface area contributed by atoms with Gasteiger partial charge in [0, 0.05) is 19.5 Å². The van der Waals surface area contributed by atoms with Gasteiger partial charge in [-0.25, -0.2) is 8.42 Å². The summed E-state index contributed by atoms with van der Waals surface area (Å²) in [5.41, 5.74) is 1.84. The number of amides is 2. The molecule has 0 unspecified atom stereocenters. The van der Waals surface area contributed by atoms with Crippen molar-refractivity contribution in [1.82, 2.24) is 10.2 Å². The number of sulfonamides is 1. The van der Waals surface area contributed by atoms with Crippen LogP contribution < -0.4 is 14.4 Å². The number of carbonyl (C=O) groups is 2. The highest BCUT2D eigenvalue weighted by Crippen LogP contribution is 2.32. The summed E-state index contributed by atoms with van der Waals surface area (Å²) in [6.45, 7) is 1.70. The first-order valence-corrected chi connectivity index (χ1v) is 15.6. The van der Waals surface area contributed by atoms with E-state index < -0.39 is 28.5 Å². The Kier molecular flexibility index (Phi) is 10.8. The van der Waals surface area contributed by atoms with Crippen molar-refractivity contribution in [3.63, 3.8) is 0 Å². The minimum atomic E-state index is -4.22. The molecule has 0 radical (unpaired) electrons. The molecule has 0 aromatic heterocycles. The zero-order valence-corrected chi connectivity index (χ0v) is 25.6. The first-order chi connectivity index (χ1) is 20.7. The Labute approximate surface area is 257 Å². The van der Waals surface area contributed by atoms with Crippen LogP contribution in [0.25, 0.3) is 0 Å². The maximum atomic E-state index is 14.3. The molecule has 8 nitrogen and oxygen atoms in total. The molecule has 43 heavy (non-hydrogen) atoms. The number of hydrogen-bond acceptors (Lipinski definition) is 5. The molecule has 0 aliphatic rings. The van der Waals surface area contributed by atoms with Crippen LogP contribution in [0.2, 0.25) is 5.02 Å². The second-order valence-corrected chi connectivity index (χ2v) is 12.0. The molecule has 0 fully saturated rings. The Morgan fingerprint density at radius 1 is 0.860 bits per heavy atom. The number of nitrogens with one attached hydrogen (secondary N) is 1. The van der Waals surface area contributed by atoms with E-state index in [1.807, 2.05) is 67.6 Å². The minimum Gasteiger partial charge on any atom is -0.495 e. The molecule has 0 saturated carbocycles. The molecule has 4 aromatic carbocycles. The van der Waals surface area contributed by atoms with Gasteiger partial charge in [-0.15, -0.1) is 0 Å². The fourth-order valence-corrected chi connectivity index (χ4v) is 6.36. The van der Waals surface area contributed by atoms with Gasteiger partial charge < -0.3 is 15.0 Å². The Balaban J connectivity index is 1.80. The van der Waals surface area contributed by atoms with Gasteiger partial charge in [0.05, 0.1) is 22.7 Å². The van der Waals surface area contributed by atoms with E-state index in [0.29, 0.717) is 12.3 Å². The summed E-state index contributed by atoms with van der Waals surface area (Å²) in [4.78, 5) is 29.3. The van der Waals surface area contributed by atoms with E-state index in [1.54, 1.807) is 24.3 Å². The number of nitrogens with zero attached hydrogens (tertiary/aromatic N) is 2. The van der Waals surface area contributed by atoms with Gasteiger partial charge in [-0.05, 0) is 48.4 Å². The van der Waals surface area contributed by atoms with E-state index in [1.165, 1.54) is 36.3 Å². The molecule has 0 saturated heterocycles. The van der Waals surface area contributed by atoms with Crippen molar-refractivity contribution in [2.45, 2.75) is 30.8 Å². The number of ether oxygens (including phenoxy) is 1. The molecular weight excluding hydrogens is 586 g/mol.